The fraction of sp³-hybridized carbons (Fsp3) is 0.538. The van der Waals surface area contributed by atoms with E-state index >= 15 is 0 Å². The molecule has 0 spiro atoms. The van der Waals surface area contributed by atoms with Crippen LogP contribution in [0.15, 0.2) is 18.2 Å². The maximum absolute atomic E-state index is 6.06. The molecule has 0 aliphatic rings. The second kappa shape index (κ2) is 8.76. The fourth-order valence-electron chi connectivity index (χ4n) is 1.38. The third kappa shape index (κ3) is 6.27. The lowest BCUT2D eigenvalue weighted by Crippen LogP contribution is -2.19. The summed E-state index contributed by atoms with van der Waals surface area (Å²) in [6.45, 7) is 5.32. The monoisotopic (exact) mass is 275 g/mol. The zero-order valence-corrected chi connectivity index (χ0v) is 11.7. The van der Waals surface area contributed by atoms with Crippen LogP contribution in [-0.4, -0.2) is 19.8 Å². The molecule has 0 aromatic heterocycles. The molecule has 2 nitrogen and oxygen atoms in total. The van der Waals surface area contributed by atoms with Crippen LogP contribution in [0.5, 0.6) is 0 Å². The lowest BCUT2D eigenvalue weighted by Gasteiger charge is -2.07. The van der Waals surface area contributed by atoms with Gasteiger partial charge in [0.25, 0.3) is 0 Å². The highest BCUT2D eigenvalue weighted by atomic mass is 35.5. The van der Waals surface area contributed by atoms with Crippen LogP contribution in [0.1, 0.15) is 25.3 Å². The molecule has 17 heavy (non-hydrogen) atoms. The van der Waals surface area contributed by atoms with Crippen molar-refractivity contribution in [2.24, 2.45) is 0 Å². The Hall–Kier alpha value is -0.280. The third-order valence-corrected chi connectivity index (χ3v) is 2.98. The number of rotatable bonds is 8. The zero-order chi connectivity index (χ0) is 12.5. The first-order chi connectivity index (χ1) is 8.24. The number of halogens is 2. The average molecular weight is 276 g/mol. The number of hydrogen-bond acceptors (Lipinski definition) is 2. The van der Waals surface area contributed by atoms with Gasteiger partial charge in [-0.1, -0.05) is 42.6 Å². The van der Waals surface area contributed by atoms with Crippen molar-refractivity contribution in [2.75, 3.05) is 19.8 Å². The quantitative estimate of drug-likeness (QED) is 0.727. The SMILES string of the molecule is CCCCOCCNCc1ccc(Cl)cc1Cl. The smallest absolute Gasteiger partial charge is 0.0591 e. The van der Waals surface area contributed by atoms with Crippen LogP contribution in [0.4, 0.5) is 0 Å². The first kappa shape index (κ1) is 14.8. The van der Waals surface area contributed by atoms with Gasteiger partial charge in [-0.2, -0.15) is 0 Å². The van der Waals surface area contributed by atoms with Crippen molar-refractivity contribution >= 4 is 23.2 Å². The molecule has 0 amide bonds. The summed E-state index contributed by atoms with van der Waals surface area (Å²) in [5, 5.41) is 4.66. The van der Waals surface area contributed by atoms with Crippen LogP contribution in [0.25, 0.3) is 0 Å². The van der Waals surface area contributed by atoms with Gasteiger partial charge in [0.2, 0.25) is 0 Å². The Bertz CT molecular complexity index is 331. The summed E-state index contributed by atoms with van der Waals surface area (Å²) in [7, 11) is 0. The standard InChI is InChI=1S/C13H19Cl2NO/c1-2-3-7-17-8-6-16-10-11-4-5-12(14)9-13(11)15/h4-5,9,16H,2-3,6-8,10H2,1H3. The van der Waals surface area contributed by atoms with E-state index in [0.29, 0.717) is 10.0 Å². The predicted molar refractivity (Wildman–Crippen MR) is 73.9 cm³/mol. The van der Waals surface area contributed by atoms with E-state index < -0.39 is 0 Å². The van der Waals surface area contributed by atoms with Crippen molar-refractivity contribution in [3.05, 3.63) is 33.8 Å². The van der Waals surface area contributed by atoms with Crippen LogP contribution in [0.2, 0.25) is 10.0 Å². The highest BCUT2D eigenvalue weighted by molar-refractivity contribution is 6.35. The topological polar surface area (TPSA) is 21.3 Å². The van der Waals surface area contributed by atoms with Gasteiger partial charge in [0.05, 0.1) is 6.61 Å². The molecule has 0 fully saturated rings. The number of hydrogen-bond donors (Lipinski definition) is 1. The first-order valence-corrected chi connectivity index (χ1v) is 6.72. The fourth-order valence-corrected chi connectivity index (χ4v) is 1.86. The molecule has 0 radical (unpaired) electrons. The van der Waals surface area contributed by atoms with E-state index in [4.69, 9.17) is 27.9 Å². The number of unbranched alkanes of at least 4 members (excludes halogenated alkanes) is 1. The maximum atomic E-state index is 6.06. The molecule has 0 saturated heterocycles. The normalized spacial score (nSPS) is 10.8. The predicted octanol–water partition coefficient (Wildman–Crippen LogP) is 3.90. The van der Waals surface area contributed by atoms with E-state index in [-0.39, 0.29) is 0 Å². The summed E-state index contributed by atoms with van der Waals surface area (Å²) < 4.78 is 5.44. The highest BCUT2D eigenvalue weighted by Gasteiger charge is 2.00. The minimum atomic E-state index is 0.668. The summed E-state index contributed by atoms with van der Waals surface area (Å²) >= 11 is 11.9. The Labute approximate surface area is 113 Å². The van der Waals surface area contributed by atoms with E-state index in [2.05, 4.69) is 12.2 Å². The van der Waals surface area contributed by atoms with Gasteiger partial charge in [-0.05, 0) is 24.1 Å². The molecule has 96 valence electrons. The summed E-state index contributed by atoms with van der Waals surface area (Å²) in [5.41, 5.74) is 1.06. The molecule has 1 rings (SSSR count). The van der Waals surface area contributed by atoms with Crippen molar-refractivity contribution in [2.45, 2.75) is 26.3 Å². The van der Waals surface area contributed by atoms with Crippen LogP contribution in [0.3, 0.4) is 0 Å². The number of ether oxygens (including phenoxy) is 1. The number of nitrogens with one attached hydrogen (secondary N) is 1. The minimum Gasteiger partial charge on any atom is -0.380 e. The molecule has 0 unspecified atom stereocenters. The maximum Gasteiger partial charge on any atom is 0.0591 e. The average Bonchev–Trinajstić information content (AvgIpc) is 2.30. The lowest BCUT2D eigenvalue weighted by molar-refractivity contribution is 0.133. The second-order valence-corrected chi connectivity index (χ2v) is 4.72. The molecule has 0 atom stereocenters. The molecule has 0 saturated carbocycles. The summed E-state index contributed by atoms with van der Waals surface area (Å²) in [5.74, 6) is 0. The first-order valence-electron chi connectivity index (χ1n) is 5.96. The molecule has 1 aromatic rings. The van der Waals surface area contributed by atoms with E-state index in [1.165, 1.54) is 6.42 Å². The van der Waals surface area contributed by atoms with Crippen LogP contribution < -0.4 is 5.32 Å². The molecule has 0 heterocycles. The van der Waals surface area contributed by atoms with Crippen molar-refractivity contribution in [1.82, 2.24) is 5.32 Å². The van der Waals surface area contributed by atoms with Gasteiger partial charge in [0.1, 0.15) is 0 Å². The Morgan fingerprint density at radius 2 is 2.06 bits per heavy atom. The number of benzene rings is 1. The Balaban J connectivity index is 2.14. The van der Waals surface area contributed by atoms with Gasteiger partial charge in [-0.25, -0.2) is 0 Å². The Kier molecular flexibility index (Phi) is 7.62. The van der Waals surface area contributed by atoms with Gasteiger partial charge in [-0.15, -0.1) is 0 Å². The van der Waals surface area contributed by atoms with Gasteiger partial charge < -0.3 is 10.1 Å². The Morgan fingerprint density at radius 1 is 1.24 bits per heavy atom. The van der Waals surface area contributed by atoms with Gasteiger partial charge >= 0.3 is 0 Å². The zero-order valence-electron chi connectivity index (χ0n) is 10.1. The van der Waals surface area contributed by atoms with E-state index in [9.17, 15) is 0 Å². The second-order valence-electron chi connectivity index (χ2n) is 3.88. The van der Waals surface area contributed by atoms with Gasteiger partial charge in [-0.3, -0.25) is 0 Å². The largest absolute Gasteiger partial charge is 0.380 e. The van der Waals surface area contributed by atoms with Crippen LogP contribution in [0, 0.1) is 0 Å². The van der Waals surface area contributed by atoms with E-state index in [1.54, 1.807) is 6.07 Å². The lowest BCUT2D eigenvalue weighted by atomic mass is 10.2. The summed E-state index contributed by atoms with van der Waals surface area (Å²) in [6.07, 6.45) is 2.30. The molecule has 1 N–H and O–H groups in total. The van der Waals surface area contributed by atoms with Crippen molar-refractivity contribution in [3.8, 4) is 0 Å². The minimum absolute atomic E-state index is 0.668. The molecule has 0 bridgehead atoms. The third-order valence-electron chi connectivity index (χ3n) is 2.40. The van der Waals surface area contributed by atoms with E-state index in [1.807, 2.05) is 12.1 Å². The summed E-state index contributed by atoms with van der Waals surface area (Å²) in [4.78, 5) is 0. The van der Waals surface area contributed by atoms with Crippen LogP contribution >= 0.6 is 23.2 Å². The summed E-state index contributed by atoms with van der Waals surface area (Å²) in [6, 6.07) is 5.55. The van der Waals surface area contributed by atoms with Gasteiger partial charge in [0.15, 0.2) is 0 Å². The molecule has 0 aliphatic carbocycles. The van der Waals surface area contributed by atoms with Crippen LogP contribution in [-0.2, 0) is 11.3 Å². The molecule has 1 aromatic carbocycles. The van der Waals surface area contributed by atoms with Crippen molar-refractivity contribution in [3.63, 3.8) is 0 Å². The van der Waals surface area contributed by atoms with Crippen molar-refractivity contribution in [1.29, 1.82) is 0 Å². The molecular weight excluding hydrogens is 257 g/mol. The molecule has 0 aliphatic heterocycles. The van der Waals surface area contributed by atoms with E-state index in [0.717, 1.165) is 38.3 Å². The molecular formula is C13H19Cl2NO. The highest BCUT2D eigenvalue weighted by Crippen LogP contribution is 2.20. The van der Waals surface area contributed by atoms with Crippen molar-refractivity contribution < 1.29 is 4.74 Å². The van der Waals surface area contributed by atoms with Gasteiger partial charge in [0, 0.05) is 29.7 Å². The Morgan fingerprint density at radius 3 is 2.76 bits per heavy atom. The molecule has 4 heteroatoms.